The molecule has 2 aromatic heterocycles. The summed E-state index contributed by atoms with van der Waals surface area (Å²) in [6.45, 7) is 0.924. The highest BCUT2D eigenvalue weighted by Crippen LogP contribution is 2.09. The Bertz CT molecular complexity index is 358. The zero-order valence-electron chi connectivity index (χ0n) is 7.68. The molecule has 0 radical (unpaired) electrons. The highest BCUT2D eigenvalue weighted by molar-refractivity contribution is 7.09. The molecule has 2 rings (SSSR count). The van der Waals surface area contributed by atoms with Crippen LogP contribution >= 0.6 is 11.3 Å². The maximum absolute atomic E-state index is 3.93. The summed E-state index contributed by atoms with van der Waals surface area (Å²) in [4.78, 5) is 9.26. The summed E-state index contributed by atoms with van der Waals surface area (Å²) in [6, 6.07) is 4.22. The van der Waals surface area contributed by atoms with Gasteiger partial charge in [0.25, 0.3) is 0 Å². The van der Waals surface area contributed by atoms with E-state index in [9.17, 15) is 0 Å². The molecule has 0 aliphatic heterocycles. The van der Waals surface area contributed by atoms with Crippen LogP contribution < -0.4 is 5.32 Å². The SMILES string of the molecule is c1csc(CCNc2cncnc2)c1. The summed E-state index contributed by atoms with van der Waals surface area (Å²) in [7, 11) is 0. The standard InChI is InChI=1S/C10H11N3S/c1-2-10(14-5-1)3-4-13-9-6-11-8-12-7-9/h1-2,5-8,13H,3-4H2. The van der Waals surface area contributed by atoms with Gasteiger partial charge in [-0.3, -0.25) is 0 Å². The maximum Gasteiger partial charge on any atom is 0.115 e. The third-order valence-electron chi connectivity index (χ3n) is 1.84. The molecule has 2 aromatic rings. The number of thiophene rings is 1. The Balaban J connectivity index is 1.79. The van der Waals surface area contributed by atoms with Gasteiger partial charge < -0.3 is 5.32 Å². The van der Waals surface area contributed by atoms with Crippen molar-refractivity contribution in [1.29, 1.82) is 0 Å². The first-order valence-corrected chi connectivity index (χ1v) is 5.34. The molecule has 0 aliphatic carbocycles. The van der Waals surface area contributed by atoms with E-state index in [1.165, 1.54) is 11.2 Å². The Kier molecular flexibility index (Phi) is 3.08. The van der Waals surface area contributed by atoms with Gasteiger partial charge in [0, 0.05) is 11.4 Å². The third kappa shape index (κ3) is 2.53. The Hall–Kier alpha value is -1.42. The monoisotopic (exact) mass is 205 g/mol. The zero-order valence-corrected chi connectivity index (χ0v) is 8.50. The van der Waals surface area contributed by atoms with Gasteiger partial charge in [-0.2, -0.15) is 0 Å². The minimum atomic E-state index is 0.924. The molecule has 0 spiro atoms. The second-order valence-corrected chi connectivity index (χ2v) is 3.92. The average Bonchev–Trinajstić information content (AvgIpc) is 2.72. The number of aromatic nitrogens is 2. The van der Waals surface area contributed by atoms with E-state index in [0.29, 0.717) is 0 Å². The average molecular weight is 205 g/mol. The summed E-state index contributed by atoms with van der Waals surface area (Å²) in [6.07, 6.45) is 6.14. The molecule has 0 atom stereocenters. The summed E-state index contributed by atoms with van der Waals surface area (Å²) in [5.41, 5.74) is 0.976. The van der Waals surface area contributed by atoms with E-state index in [-0.39, 0.29) is 0 Å². The van der Waals surface area contributed by atoms with E-state index in [4.69, 9.17) is 0 Å². The Morgan fingerprint density at radius 3 is 2.86 bits per heavy atom. The highest BCUT2D eigenvalue weighted by Gasteiger charge is 1.94. The van der Waals surface area contributed by atoms with Gasteiger partial charge in [0.15, 0.2) is 0 Å². The number of hydrogen-bond donors (Lipinski definition) is 1. The van der Waals surface area contributed by atoms with Crippen LogP contribution in [0.3, 0.4) is 0 Å². The maximum atomic E-state index is 3.93. The zero-order chi connectivity index (χ0) is 9.64. The van der Waals surface area contributed by atoms with Crippen molar-refractivity contribution in [3.05, 3.63) is 41.1 Å². The van der Waals surface area contributed by atoms with Gasteiger partial charge in [0.1, 0.15) is 6.33 Å². The smallest absolute Gasteiger partial charge is 0.115 e. The molecule has 2 heterocycles. The largest absolute Gasteiger partial charge is 0.382 e. The van der Waals surface area contributed by atoms with E-state index >= 15 is 0 Å². The van der Waals surface area contributed by atoms with Gasteiger partial charge in [-0.15, -0.1) is 11.3 Å². The number of rotatable bonds is 4. The molecule has 0 fully saturated rings. The molecule has 0 bridgehead atoms. The predicted octanol–water partition coefficient (Wildman–Crippen LogP) is 2.19. The van der Waals surface area contributed by atoms with Crippen molar-refractivity contribution in [2.24, 2.45) is 0 Å². The van der Waals surface area contributed by atoms with Gasteiger partial charge in [0.05, 0.1) is 18.1 Å². The number of hydrogen-bond acceptors (Lipinski definition) is 4. The van der Waals surface area contributed by atoms with Crippen molar-refractivity contribution in [2.45, 2.75) is 6.42 Å². The van der Waals surface area contributed by atoms with Crippen molar-refractivity contribution >= 4 is 17.0 Å². The van der Waals surface area contributed by atoms with Gasteiger partial charge in [0.2, 0.25) is 0 Å². The van der Waals surface area contributed by atoms with E-state index in [0.717, 1.165) is 18.7 Å². The van der Waals surface area contributed by atoms with E-state index in [2.05, 4.69) is 32.8 Å². The van der Waals surface area contributed by atoms with Crippen LogP contribution in [-0.4, -0.2) is 16.5 Å². The van der Waals surface area contributed by atoms with Crippen LogP contribution in [0.1, 0.15) is 4.88 Å². The fourth-order valence-electron chi connectivity index (χ4n) is 1.18. The minimum Gasteiger partial charge on any atom is -0.382 e. The van der Waals surface area contributed by atoms with Crippen LogP contribution in [0.25, 0.3) is 0 Å². The number of nitrogens with one attached hydrogen (secondary N) is 1. The molecule has 0 unspecified atom stereocenters. The molecular formula is C10H11N3S. The molecule has 0 amide bonds. The van der Waals surface area contributed by atoms with Crippen LogP contribution in [0, 0.1) is 0 Å². The van der Waals surface area contributed by atoms with Crippen LogP contribution in [0.15, 0.2) is 36.2 Å². The van der Waals surface area contributed by atoms with Crippen molar-refractivity contribution in [3.63, 3.8) is 0 Å². The summed E-state index contributed by atoms with van der Waals surface area (Å²) in [5, 5.41) is 5.36. The molecule has 72 valence electrons. The lowest BCUT2D eigenvalue weighted by Crippen LogP contribution is -2.04. The van der Waals surface area contributed by atoms with E-state index < -0.39 is 0 Å². The van der Waals surface area contributed by atoms with Crippen molar-refractivity contribution < 1.29 is 0 Å². The first-order valence-electron chi connectivity index (χ1n) is 4.46. The van der Waals surface area contributed by atoms with Crippen LogP contribution in [0.5, 0.6) is 0 Å². The Morgan fingerprint density at radius 1 is 1.29 bits per heavy atom. The third-order valence-corrected chi connectivity index (χ3v) is 2.78. The van der Waals surface area contributed by atoms with Crippen LogP contribution in [-0.2, 0) is 6.42 Å². The second kappa shape index (κ2) is 4.72. The minimum absolute atomic E-state index is 0.924. The lowest BCUT2D eigenvalue weighted by Gasteiger charge is -2.02. The van der Waals surface area contributed by atoms with Crippen LogP contribution in [0.4, 0.5) is 5.69 Å². The lowest BCUT2D eigenvalue weighted by atomic mass is 10.3. The highest BCUT2D eigenvalue weighted by atomic mass is 32.1. The van der Waals surface area contributed by atoms with Gasteiger partial charge in [-0.1, -0.05) is 6.07 Å². The molecular weight excluding hydrogens is 194 g/mol. The van der Waals surface area contributed by atoms with Gasteiger partial charge in [-0.25, -0.2) is 9.97 Å². The summed E-state index contributed by atoms with van der Waals surface area (Å²) < 4.78 is 0. The molecule has 0 saturated heterocycles. The quantitative estimate of drug-likeness (QED) is 0.831. The van der Waals surface area contributed by atoms with Crippen LogP contribution in [0.2, 0.25) is 0 Å². The molecule has 1 N–H and O–H groups in total. The fraction of sp³-hybridized carbons (Fsp3) is 0.200. The first-order chi connectivity index (χ1) is 6.95. The van der Waals surface area contributed by atoms with Gasteiger partial charge in [-0.05, 0) is 17.9 Å². The predicted molar refractivity (Wildman–Crippen MR) is 58.5 cm³/mol. The second-order valence-electron chi connectivity index (χ2n) is 2.88. The van der Waals surface area contributed by atoms with Crippen molar-refractivity contribution in [2.75, 3.05) is 11.9 Å². The summed E-state index contributed by atoms with van der Waals surface area (Å²) in [5.74, 6) is 0. The lowest BCUT2D eigenvalue weighted by molar-refractivity contribution is 1.03. The molecule has 14 heavy (non-hydrogen) atoms. The van der Waals surface area contributed by atoms with Crippen molar-refractivity contribution in [1.82, 2.24) is 9.97 Å². The number of nitrogens with zero attached hydrogens (tertiary/aromatic N) is 2. The Labute approximate surface area is 86.8 Å². The molecule has 0 aromatic carbocycles. The first kappa shape index (κ1) is 9.15. The molecule has 0 saturated carbocycles. The van der Waals surface area contributed by atoms with E-state index in [1.54, 1.807) is 23.7 Å². The number of anilines is 1. The molecule has 4 heteroatoms. The van der Waals surface area contributed by atoms with E-state index in [1.807, 2.05) is 0 Å². The Morgan fingerprint density at radius 2 is 2.14 bits per heavy atom. The van der Waals surface area contributed by atoms with Gasteiger partial charge >= 0.3 is 0 Å². The topological polar surface area (TPSA) is 37.8 Å². The molecule has 0 aliphatic rings. The molecule has 3 nitrogen and oxygen atoms in total. The summed E-state index contributed by atoms with van der Waals surface area (Å²) >= 11 is 1.79. The normalized spacial score (nSPS) is 10.0. The van der Waals surface area contributed by atoms with Crippen molar-refractivity contribution in [3.8, 4) is 0 Å². The fourth-order valence-corrected chi connectivity index (χ4v) is 1.88.